The van der Waals surface area contributed by atoms with Gasteiger partial charge in [0.05, 0.1) is 16.2 Å². The Morgan fingerprint density at radius 2 is 1.83 bits per heavy atom. The van der Waals surface area contributed by atoms with Crippen LogP contribution >= 0.6 is 0 Å². The lowest BCUT2D eigenvalue weighted by atomic mass is 10.2. The summed E-state index contributed by atoms with van der Waals surface area (Å²) in [5, 5.41) is 8.72. The minimum atomic E-state index is -3.31. The number of carboxylic acids is 1. The van der Waals surface area contributed by atoms with E-state index < -0.39 is 15.8 Å². The van der Waals surface area contributed by atoms with Gasteiger partial charge in [0.25, 0.3) is 0 Å². The summed E-state index contributed by atoms with van der Waals surface area (Å²) >= 11 is 0. The summed E-state index contributed by atoms with van der Waals surface area (Å²) in [7, 11) is -3.31. The highest BCUT2D eigenvalue weighted by atomic mass is 32.2. The van der Waals surface area contributed by atoms with Crippen LogP contribution < -0.4 is 0 Å². The van der Waals surface area contributed by atoms with Crippen molar-refractivity contribution in [3.8, 4) is 0 Å². The SMILES string of the molecule is C=CCCCCS(=O)(=O)c1ccc(C(=O)O)cc1. The molecule has 0 bridgehead atoms. The minimum Gasteiger partial charge on any atom is -0.478 e. The Morgan fingerprint density at radius 1 is 1.22 bits per heavy atom. The summed E-state index contributed by atoms with van der Waals surface area (Å²) in [6.07, 6.45) is 3.92. The molecule has 1 aromatic carbocycles. The van der Waals surface area contributed by atoms with Gasteiger partial charge in [0, 0.05) is 0 Å². The fourth-order valence-corrected chi connectivity index (χ4v) is 2.87. The zero-order chi connectivity index (χ0) is 13.6. The van der Waals surface area contributed by atoms with Crippen LogP contribution in [-0.4, -0.2) is 25.2 Å². The number of hydrogen-bond donors (Lipinski definition) is 1. The predicted octanol–water partition coefficient (Wildman–Crippen LogP) is 2.51. The third-order valence-corrected chi connectivity index (χ3v) is 4.35. The fourth-order valence-electron chi connectivity index (χ4n) is 1.50. The van der Waals surface area contributed by atoms with Crippen LogP contribution in [0.25, 0.3) is 0 Å². The largest absolute Gasteiger partial charge is 0.478 e. The van der Waals surface area contributed by atoms with Crippen LogP contribution in [0.2, 0.25) is 0 Å². The number of carbonyl (C=O) groups is 1. The maximum absolute atomic E-state index is 11.9. The van der Waals surface area contributed by atoms with E-state index in [0.29, 0.717) is 6.42 Å². The van der Waals surface area contributed by atoms with Gasteiger partial charge in [0.2, 0.25) is 0 Å². The normalized spacial score (nSPS) is 11.1. The highest BCUT2D eigenvalue weighted by Crippen LogP contribution is 2.14. The van der Waals surface area contributed by atoms with Gasteiger partial charge < -0.3 is 5.11 Å². The lowest BCUT2D eigenvalue weighted by Gasteiger charge is -2.04. The summed E-state index contributed by atoms with van der Waals surface area (Å²) in [6.45, 7) is 3.57. The van der Waals surface area contributed by atoms with E-state index in [4.69, 9.17) is 5.11 Å². The van der Waals surface area contributed by atoms with Crippen molar-refractivity contribution in [2.45, 2.75) is 24.2 Å². The molecule has 0 unspecified atom stereocenters. The highest BCUT2D eigenvalue weighted by Gasteiger charge is 2.14. The molecule has 0 fully saturated rings. The second kappa shape index (κ2) is 6.35. The summed E-state index contributed by atoms with van der Waals surface area (Å²) in [5.74, 6) is -0.988. The second-order valence-electron chi connectivity index (χ2n) is 3.93. The zero-order valence-corrected chi connectivity index (χ0v) is 10.8. The van der Waals surface area contributed by atoms with E-state index in [1.807, 2.05) is 0 Å². The Kier molecular flexibility index (Phi) is 5.09. The molecule has 5 heteroatoms. The third kappa shape index (κ3) is 4.00. The van der Waals surface area contributed by atoms with Crippen molar-refractivity contribution in [1.29, 1.82) is 0 Å². The number of unbranched alkanes of at least 4 members (excludes halogenated alkanes) is 2. The van der Waals surface area contributed by atoms with Gasteiger partial charge in [-0.2, -0.15) is 0 Å². The molecule has 1 N–H and O–H groups in total. The van der Waals surface area contributed by atoms with Gasteiger partial charge in [-0.3, -0.25) is 0 Å². The van der Waals surface area contributed by atoms with E-state index in [-0.39, 0.29) is 16.2 Å². The van der Waals surface area contributed by atoms with Crippen molar-refractivity contribution >= 4 is 15.8 Å². The van der Waals surface area contributed by atoms with Crippen LogP contribution in [0.5, 0.6) is 0 Å². The fraction of sp³-hybridized carbons (Fsp3) is 0.308. The summed E-state index contributed by atoms with van der Waals surface area (Å²) in [5.41, 5.74) is 0.0839. The Balaban J connectivity index is 2.72. The van der Waals surface area contributed by atoms with Gasteiger partial charge in [0.1, 0.15) is 0 Å². The summed E-state index contributed by atoms with van der Waals surface area (Å²) in [4.78, 5) is 10.8. The van der Waals surface area contributed by atoms with Crippen LogP contribution in [0.3, 0.4) is 0 Å². The molecule has 98 valence electrons. The van der Waals surface area contributed by atoms with Gasteiger partial charge in [0.15, 0.2) is 9.84 Å². The van der Waals surface area contributed by atoms with Crippen molar-refractivity contribution in [1.82, 2.24) is 0 Å². The van der Waals surface area contributed by atoms with E-state index in [0.717, 1.165) is 12.8 Å². The topological polar surface area (TPSA) is 71.4 Å². The molecule has 1 aromatic rings. The molecule has 0 aliphatic rings. The van der Waals surface area contributed by atoms with Gasteiger partial charge in [-0.15, -0.1) is 6.58 Å². The molecule has 0 amide bonds. The molecule has 18 heavy (non-hydrogen) atoms. The number of aromatic carboxylic acids is 1. The van der Waals surface area contributed by atoms with Crippen LogP contribution in [-0.2, 0) is 9.84 Å². The van der Waals surface area contributed by atoms with Gasteiger partial charge in [-0.05, 0) is 43.5 Å². The number of sulfone groups is 1. The molecule has 1 rings (SSSR count). The van der Waals surface area contributed by atoms with Crippen molar-refractivity contribution < 1.29 is 18.3 Å². The molecular weight excluding hydrogens is 252 g/mol. The number of allylic oxidation sites excluding steroid dienone is 1. The van der Waals surface area contributed by atoms with E-state index in [9.17, 15) is 13.2 Å². The van der Waals surface area contributed by atoms with Crippen molar-refractivity contribution in [3.05, 3.63) is 42.5 Å². The molecule has 0 aromatic heterocycles. The maximum Gasteiger partial charge on any atom is 0.335 e. The highest BCUT2D eigenvalue weighted by molar-refractivity contribution is 7.91. The molecule has 0 saturated carbocycles. The van der Waals surface area contributed by atoms with Gasteiger partial charge >= 0.3 is 5.97 Å². The van der Waals surface area contributed by atoms with Crippen LogP contribution in [0.1, 0.15) is 29.6 Å². The average Bonchev–Trinajstić information content (AvgIpc) is 2.35. The number of benzene rings is 1. The van der Waals surface area contributed by atoms with E-state index in [1.54, 1.807) is 6.08 Å². The molecule has 0 aliphatic heterocycles. The monoisotopic (exact) mass is 268 g/mol. The molecule has 0 heterocycles. The van der Waals surface area contributed by atoms with Crippen molar-refractivity contribution in [2.75, 3.05) is 5.75 Å². The first-order valence-electron chi connectivity index (χ1n) is 5.64. The second-order valence-corrected chi connectivity index (χ2v) is 6.04. The smallest absolute Gasteiger partial charge is 0.335 e. The van der Waals surface area contributed by atoms with Crippen molar-refractivity contribution in [2.24, 2.45) is 0 Å². The molecule has 0 spiro atoms. The molecule has 0 atom stereocenters. The van der Waals surface area contributed by atoms with Crippen LogP contribution in [0, 0.1) is 0 Å². The number of hydrogen-bond acceptors (Lipinski definition) is 3. The first kappa shape index (κ1) is 14.4. The van der Waals surface area contributed by atoms with Gasteiger partial charge in [-0.1, -0.05) is 6.08 Å². The average molecular weight is 268 g/mol. The number of rotatable bonds is 7. The maximum atomic E-state index is 11.9. The first-order chi connectivity index (χ1) is 8.47. The lowest BCUT2D eigenvalue weighted by molar-refractivity contribution is 0.0697. The Hall–Kier alpha value is -1.62. The van der Waals surface area contributed by atoms with Crippen LogP contribution in [0.4, 0.5) is 0 Å². The molecule has 0 saturated heterocycles. The van der Waals surface area contributed by atoms with E-state index >= 15 is 0 Å². The summed E-state index contributed by atoms with van der Waals surface area (Å²) < 4.78 is 23.8. The Bertz CT molecular complexity index is 514. The predicted molar refractivity (Wildman–Crippen MR) is 69.5 cm³/mol. The summed E-state index contributed by atoms with van der Waals surface area (Å²) in [6, 6.07) is 5.29. The standard InChI is InChI=1S/C13H16O4S/c1-2-3-4-5-10-18(16,17)12-8-6-11(7-9-12)13(14)15/h2,6-9H,1,3-5,10H2,(H,14,15). The van der Waals surface area contributed by atoms with Crippen molar-refractivity contribution in [3.63, 3.8) is 0 Å². The van der Waals surface area contributed by atoms with Gasteiger partial charge in [-0.25, -0.2) is 13.2 Å². The van der Waals surface area contributed by atoms with Crippen LogP contribution in [0.15, 0.2) is 41.8 Å². The molecule has 0 aliphatic carbocycles. The van der Waals surface area contributed by atoms with E-state index in [2.05, 4.69) is 6.58 Å². The molecular formula is C13H16O4S. The number of carboxylic acid groups (broad SMARTS) is 1. The molecule has 0 radical (unpaired) electrons. The third-order valence-electron chi connectivity index (χ3n) is 2.53. The lowest BCUT2D eigenvalue weighted by Crippen LogP contribution is -2.07. The quantitative estimate of drug-likeness (QED) is 0.609. The van der Waals surface area contributed by atoms with E-state index in [1.165, 1.54) is 24.3 Å². The molecule has 4 nitrogen and oxygen atoms in total. The first-order valence-corrected chi connectivity index (χ1v) is 7.29. The Morgan fingerprint density at radius 3 is 2.33 bits per heavy atom. The minimum absolute atomic E-state index is 0.0766. The zero-order valence-electron chi connectivity index (χ0n) is 10.0. The Labute approximate surface area is 107 Å².